The van der Waals surface area contributed by atoms with Gasteiger partial charge in [0.15, 0.2) is 5.43 Å². The summed E-state index contributed by atoms with van der Waals surface area (Å²) in [7, 11) is 0. The normalized spacial score (nSPS) is 9.33. The minimum absolute atomic E-state index is 0. The molecule has 3 heteroatoms. The van der Waals surface area contributed by atoms with E-state index in [0.29, 0.717) is 11.0 Å². The van der Waals surface area contributed by atoms with Crippen LogP contribution >= 0.6 is 0 Å². The number of hydrogen-bond donors (Lipinski definition) is 0. The molecule has 12 heavy (non-hydrogen) atoms. The summed E-state index contributed by atoms with van der Waals surface area (Å²) in [5.74, 6) is 0. The summed E-state index contributed by atoms with van der Waals surface area (Å²) in [5, 5.41) is 0.634. The first-order valence-corrected chi connectivity index (χ1v) is 3.34. The quantitative estimate of drug-likeness (QED) is 0.558. The van der Waals surface area contributed by atoms with Crippen LogP contribution in [0.15, 0.2) is 45.8 Å². The molecule has 0 saturated heterocycles. The third kappa shape index (κ3) is 1.61. The standard InChI is InChI=1S/C9H6O2.Na/c10-8-5-6-11-9-4-2-1-3-7(8)9;/h1-6H;. The second kappa shape index (κ2) is 3.90. The van der Waals surface area contributed by atoms with Crippen LogP contribution in [0.2, 0.25) is 0 Å². The Kier molecular flexibility index (Phi) is 3.09. The molecule has 0 N–H and O–H groups in total. The Morgan fingerprint density at radius 1 is 1.08 bits per heavy atom. The summed E-state index contributed by atoms with van der Waals surface area (Å²) in [5.41, 5.74) is 0.645. The predicted molar refractivity (Wildman–Crippen MR) is 48.2 cm³/mol. The van der Waals surface area contributed by atoms with E-state index in [9.17, 15) is 4.79 Å². The second-order valence-corrected chi connectivity index (χ2v) is 2.28. The molecule has 0 aliphatic carbocycles. The molecule has 55 valence electrons. The summed E-state index contributed by atoms with van der Waals surface area (Å²) < 4.78 is 5.09. The molecule has 2 rings (SSSR count). The molecule has 0 saturated carbocycles. The molecule has 0 unspecified atom stereocenters. The van der Waals surface area contributed by atoms with Crippen molar-refractivity contribution in [3.05, 3.63) is 46.8 Å². The number of fused-ring (bicyclic) bond motifs is 1. The van der Waals surface area contributed by atoms with Gasteiger partial charge in [-0.1, -0.05) is 12.1 Å². The molecule has 1 aromatic carbocycles. The van der Waals surface area contributed by atoms with Gasteiger partial charge in [-0.25, -0.2) is 0 Å². The topological polar surface area (TPSA) is 30.2 Å². The van der Waals surface area contributed by atoms with Gasteiger partial charge < -0.3 is 4.42 Å². The van der Waals surface area contributed by atoms with Crippen molar-refractivity contribution in [3.8, 4) is 0 Å². The van der Waals surface area contributed by atoms with Gasteiger partial charge in [-0.15, -0.1) is 0 Å². The molecule has 0 atom stereocenters. The average Bonchev–Trinajstić information content (AvgIpc) is 2.06. The summed E-state index contributed by atoms with van der Waals surface area (Å²) >= 11 is 0. The van der Waals surface area contributed by atoms with Crippen molar-refractivity contribution in [1.82, 2.24) is 0 Å². The Hall–Kier alpha value is -0.570. The molecule has 1 radical (unpaired) electrons. The molecule has 1 heterocycles. The van der Waals surface area contributed by atoms with Crippen LogP contribution in [-0.2, 0) is 0 Å². The molecular formula is C9H6NaO2. The monoisotopic (exact) mass is 169 g/mol. The Bertz CT molecular complexity index is 428. The molecular weight excluding hydrogens is 163 g/mol. The number of benzene rings is 1. The molecule has 2 aromatic rings. The van der Waals surface area contributed by atoms with Gasteiger partial charge in [-0.2, -0.15) is 0 Å². The maximum absolute atomic E-state index is 11.1. The van der Waals surface area contributed by atoms with Crippen LogP contribution in [0.25, 0.3) is 11.0 Å². The maximum atomic E-state index is 11.1. The minimum Gasteiger partial charge on any atom is -0.464 e. The number of para-hydroxylation sites is 1. The van der Waals surface area contributed by atoms with Crippen LogP contribution < -0.4 is 5.43 Å². The fraction of sp³-hybridized carbons (Fsp3) is 0. The first kappa shape index (κ1) is 9.52. The van der Waals surface area contributed by atoms with Gasteiger partial charge in [0.2, 0.25) is 0 Å². The van der Waals surface area contributed by atoms with Crippen molar-refractivity contribution in [2.45, 2.75) is 0 Å². The summed E-state index contributed by atoms with van der Waals surface area (Å²) in [6.45, 7) is 0. The smallest absolute Gasteiger partial charge is 0.192 e. The summed E-state index contributed by atoms with van der Waals surface area (Å²) in [6.07, 6.45) is 1.41. The van der Waals surface area contributed by atoms with E-state index in [0.717, 1.165) is 0 Å². The van der Waals surface area contributed by atoms with Crippen LogP contribution in [0.4, 0.5) is 0 Å². The molecule has 2 nitrogen and oxygen atoms in total. The fourth-order valence-corrected chi connectivity index (χ4v) is 1.03. The van der Waals surface area contributed by atoms with Crippen molar-refractivity contribution in [2.75, 3.05) is 0 Å². The van der Waals surface area contributed by atoms with Gasteiger partial charge in [0, 0.05) is 35.6 Å². The zero-order valence-corrected chi connectivity index (χ0v) is 8.78. The Labute approximate surface area is 91.5 Å². The van der Waals surface area contributed by atoms with Crippen molar-refractivity contribution in [2.24, 2.45) is 0 Å². The number of hydrogen-bond acceptors (Lipinski definition) is 2. The van der Waals surface area contributed by atoms with Crippen LogP contribution in [0.1, 0.15) is 0 Å². The molecule has 0 amide bonds. The van der Waals surface area contributed by atoms with Gasteiger partial charge in [-0.05, 0) is 12.1 Å². The van der Waals surface area contributed by atoms with Crippen LogP contribution in [0.3, 0.4) is 0 Å². The SMILES string of the molecule is O=c1ccoc2ccccc12.[Na]. The van der Waals surface area contributed by atoms with Crippen LogP contribution in [-0.4, -0.2) is 29.6 Å². The molecule has 0 bridgehead atoms. The summed E-state index contributed by atoms with van der Waals surface area (Å²) in [6, 6.07) is 8.60. The molecule has 0 fully saturated rings. The van der Waals surface area contributed by atoms with E-state index in [4.69, 9.17) is 4.42 Å². The third-order valence-electron chi connectivity index (χ3n) is 1.57. The maximum Gasteiger partial charge on any atom is 0.192 e. The van der Waals surface area contributed by atoms with E-state index in [1.807, 2.05) is 12.1 Å². The van der Waals surface area contributed by atoms with Crippen molar-refractivity contribution in [3.63, 3.8) is 0 Å². The first-order chi connectivity index (χ1) is 5.38. The molecule has 0 spiro atoms. The largest absolute Gasteiger partial charge is 0.464 e. The van der Waals surface area contributed by atoms with E-state index in [1.54, 1.807) is 12.1 Å². The molecule has 1 aromatic heterocycles. The van der Waals surface area contributed by atoms with Crippen molar-refractivity contribution >= 4 is 40.5 Å². The number of rotatable bonds is 0. The van der Waals surface area contributed by atoms with E-state index in [1.165, 1.54) is 12.3 Å². The van der Waals surface area contributed by atoms with Gasteiger partial charge in [0.05, 0.1) is 11.6 Å². The van der Waals surface area contributed by atoms with Crippen molar-refractivity contribution in [1.29, 1.82) is 0 Å². The zero-order valence-electron chi connectivity index (χ0n) is 6.78. The fourth-order valence-electron chi connectivity index (χ4n) is 1.03. The van der Waals surface area contributed by atoms with Crippen LogP contribution in [0, 0.1) is 0 Å². The molecule has 0 aliphatic heterocycles. The Morgan fingerprint density at radius 2 is 1.83 bits per heavy atom. The van der Waals surface area contributed by atoms with E-state index in [2.05, 4.69) is 0 Å². The molecule has 0 aliphatic rings. The van der Waals surface area contributed by atoms with Gasteiger partial charge in [0.1, 0.15) is 5.58 Å². The van der Waals surface area contributed by atoms with Crippen molar-refractivity contribution < 1.29 is 4.42 Å². The Morgan fingerprint density at radius 3 is 2.58 bits per heavy atom. The third-order valence-corrected chi connectivity index (χ3v) is 1.57. The minimum atomic E-state index is 0. The first-order valence-electron chi connectivity index (χ1n) is 3.34. The van der Waals surface area contributed by atoms with Gasteiger partial charge >= 0.3 is 0 Å². The van der Waals surface area contributed by atoms with Crippen LogP contribution in [0.5, 0.6) is 0 Å². The average molecular weight is 169 g/mol. The Balaban J connectivity index is 0.000000720. The van der Waals surface area contributed by atoms with E-state index >= 15 is 0 Å². The van der Waals surface area contributed by atoms with Gasteiger partial charge in [-0.3, -0.25) is 4.79 Å². The van der Waals surface area contributed by atoms with E-state index in [-0.39, 0.29) is 35.0 Å². The zero-order chi connectivity index (χ0) is 7.68. The predicted octanol–water partition coefficient (Wildman–Crippen LogP) is 1.41. The summed E-state index contributed by atoms with van der Waals surface area (Å²) in [4.78, 5) is 11.1. The van der Waals surface area contributed by atoms with Gasteiger partial charge in [0.25, 0.3) is 0 Å². The van der Waals surface area contributed by atoms with E-state index < -0.39 is 0 Å². The second-order valence-electron chi connectivity index (χ2n) is 2.28.